The average molecular weight is 402 g/mol. The van der Waals surface area contributed by atoms with E-state index < -0.39 is 10.0 Å². The van der Waals surface area contributed by atoms with Crippen LogP contribution in [0.3, 0.4) is 0 Å². The predicted octanol–water partition coefficient (Wildman–Crippen LogP) is 3.69. The van der Waals surface area contributed by atoms with Crippen molar-refractivity contribution in [2.45, 2.75) is 30.6 Å². The molecule has 0 spiro atoms. The smallest absolute Gasteiger partial charge is 0.246 e. The van der Waals surface area contributed by atoms with Crippen LogP contribution in [-0.2, 0) is 10.0 Å². The lowest BCUT2D eigenvalue weighted by molar-refractivity contribution is 0.346. The van der Waals surface area contributed by atoms with Gasteiger partial charge in [0.15, 0.2) is 0 Å². The lowest BCUT2D eigenvalue weighted by Crippen LogP contribution is -2.37. The Hall–Kier alpha value is -2.25. The van der Waals surface area contributed by atoms with Crippen LogP contribution in [0.4, 0.5) is 10.2 Å². The molecular weight excluding hydrogens is 377 g/mol. The minimum atomic E-state index is -3.55. The highest BCUT2D eigenvalue weighted by Gasteiger charge is 2.30. The van der Waals surface area contributed by atoms with Crippen LogP contribution in [0.15, 0.2) is 53.6 Å². The highest BCUT2D eigenvalue weighted by Crippen LogP contribution is 2.31. The molecule has 0 saturated carbocycles. The van der Waals surface area contributed by atoms with E-state index in [1.165, 1.54) is 12.1 Å². The van der Waals surface area contributed by atoms with Gasteiger partial charge in [-0.3, -0.25) is 0 Å². The van der Waals surface area contributed by atoms with E-state index in [1.54, 1.807) is 34.8 Å². The molecule has 148 valence electrons. The van der Waals surface area contributed by atoms with Crippen LogP contribution < -0.4 is 4.90 Å². The molecule has 7 heteroatoms. The van der Waals surface area contributed by atoms with E-state index in [0.717, 1.165) is 36.8 Å². The SMILES string of the molecule is O=S(=O)(c1cccnc1N1CC=C(c2ccc(F)cc2)CC1)N1CCCCC1. The second-order valence-corrected chi connectivity index (χ2v) is 9.13. The summed E-state index contributed by atoms with van der Waals surface area (Å²) < 4.78 is 41.1. The van der Waals surface area contributed by atoms with Gasteiger partial charge in [0.2, 0.25) is 10.0 Å². The average Bonchev–Trinajstić information content (AvgIpc) is 2.75. The molecule has 0 bridgehead atoms. The van der Waals surface area contributed by atoms with Crippen molar-refractivity contribution in [3.05, 3.63) is 60.1 Å². The largest absolute Gasteiger partial charge is 0.351 e. The fourth-order valence-electron chi connectivity index (χ4n) is 3.85. The Labute approximate surface area is 165 Å². The van der Waals surface area contributed by atoms with Gasteiger partial charge in [0, 0.05) is 32.4 Å². The van der Waals surface area contributed by atoms with Crippen LogP contribution in [0.1, 0.15) is 31.2 Å². The fraction of sp³-hybridized carbons (Fsp3) is 0.381. The van der Waals surface area contributed by atoms with E-state index in [0.29, 0.717) is 32.0 Å². The Morgan fingerprint density at radius 3 is 2.39 bits per heavy atom. The summed E-state index contributed by atoms with van der Waals surface area (Å²) in [6, 6.07) is 9.83. The Bertz CT molecular complexity index is 967. The Kier molecular flexibility index (Phi) is 5.46. The third-order valence-electron chi connectivity index (χ3n) is 5.41. The van der Waals surface area contributed by atoms with Crippen molar-refractivity contribution in [3.8, 4) is 0 Å². The standard InChI is InChI=1S/C21H24FN3O2S/c22-19-8-6-17(7-9-19)18-10-15-24(16-11-18)21-20(5-4-12-23-21)28(26,27)25-13-2-1-3-14-25/h4-10,12H,1-3,11,13-16H2. The molecule has 0 atom stereocenters. The quantitative estimate of drug-likeness (QED) is 0.784. The first-order valence-corrected chi connectivity index (χ1v) is 11.1. The third kappa shape index (κ3) is 3.82. The van der Waals surface area contributed by atoms with Crippen molar-refractivity contribution in [2.75, 3.05) is 31.1 Å². The molecule has 1 aromatic heterocycles. The van der Waals surface area contributed by atoms with Crippen molar-refractivity contribution in [3.63, 3.8) is 0 Å². The molecule has 28 heavy (non-hydrogen) atoms. The van der Waals surface area contributed by atoms with Gasteiger partial charge in [0.25, 0.3) is 0 Å². The zero-order valence-electron chi connectivity index (χ0n) is 15.7. The lowest BCUT2D eigenvalue weighted by atomic mass is 9.99. The van der Waals surface area contributed by atoms with E-state index in [1.807, 2.05) is 4.90 Å². The number of rotatable bonds is 4. The Balaban J connectivity index is 1.58. The molecule has 3 heterocycles. The van der Waals surface area contributed by atoms with Gasteiger partial charge in [-0.1, -0.05) is 24.6 Å². The first kappa shape index (κ1) is 19.1. The van der Waals surface area contributed by atoms with E-state index in [4.69, 9.17) is 0 Å². The van der Waals surface area contributed by atoms with Gasteiger partial charge in [-0.2, -0.15) is 4.31 Å². The second kappa shape index (κ2) is 8.01. The van der Waals surface area contributed by atoms with Crippen LogP contribution in [0.5, 0.6) is 0 Å². The number of halogens is 1. The number of sulfonamides is 1. The zero-order valence-corrected chi connectivity index (χ0v) is 16.5. The molecule has 2 aromatic rings. The monoisotopic (exact) mass is 401 g/mol. The first-order valence-electron chi connectivity index (χ1n) is 9.71. The maximum Gasteiger partial charge on any atom is 0.246 e. The molecule has 4 rings (SSSR count). The van der Waals surface area contributed by atoms with Crippen LogP contribution in [0.2, 0.25) is 0 Å². The number of benzene rings is 1. The maximum atomic E-state index is 13.2. The molecule has 0 aliphatic carbocycles. The number of pyridine rings is 1. The van der Waals surface area contributed by atoms with Crippen LogP contribution in [-0.4, -0.2) is 43.9 Å². The predicted molar refractivity (Wildman–Crippen MR) is 108 cm³/mol. The van der Waals surface area contributed by atoms with E-state index in [9.17, 15) is 12.8 Å². The van der Waals surface area contributed by atoms with Crippen molar-refractivity contribution in [1.82, 2.24) is 9.29 Å². The number of piperidine rings is 1. The molecule has 0 radical (unpaired) electrons. The van der Waals surface area contributed by atoms with Crippen LogP contribution in [0, 0.1) is 5.82 Å². The van der Waals surface area contributed by atoms with Gasteiger partial charge in [-0.25, -0.2) is 17.8 Å². The van der Waals surface area contributed by atoms with E-state index in [-0.39, 0.29) is 10.7 Å². The summed E-state index contributed by atoms with van der Waals surface area (Å²) >= 11 is 0. The first-order chi connectivity index (χ1) is 13.6. The number of nitrogens with zero attached hydrogens (tertiary/aromatic N) is 3. The molecule has 0 unspecified atom stereocenters. The Morgan fingerprint density at radius 1 is 0.964 bits per heavy atom. The van der Waals surface area contributed by atoms with Crippen LogP contribution in [0.25, 0.3) is 5.57 Å². The van der Waals surface area contributed by atoms with Gasteiger partial charge in [0.05, 0.1) is 0 Å². The van der Waals surface area contributed by atoms with Gasteiger partial charge in [-0.05, 0) is 54.7 Å². The Morgan fingerprint density at radius 2 is 1.71 bits per heavy atom. The van der Waals surface area contributed by atoms with Crippen molar-refractivity contribution in [2.24, 2.45) is 0 Å². The molecule has 2 aliphatic rings. The topological polar surface area (TPSA) is 53.5 Å². The fourth-order valence-corrected chi connectivity index (χ4v) is 5.53. The molecule has 1 saturated heterocycles. The normalized spacial score (nSPS) is 18.8. The van der Waals surface area contributed by atoms with Gasteiger partial charge >= 0.3 is 0 Å². The highest BCUT2D eigenvalue weighted by atomic mass is 32.2. The molecule has 0 N–H and O–H groups in total. The number of hydrogen-bond acceptors (Lipinski definition) is 4. The maximum absolute atomic E-state index is 13.2. The number of hydrogen-bond donors (Lipinski definition) is 0. The molecular formula is C21H24FN3O2S. The highest BCUT2D eigenvalue weighted by molar-refractivity contribution is 7.89. The minimum absolute atomic E-state index is 0.247. The molecule has 2 aliphatic heterocycles. The van der Waals surface area contributed by atoms with Gasteiger partial charge < -0.3 is 4.90 Å². The summed E-state index contributed by atoms with van der Waals surface area (Å²) in [5, 5.41) is 0. The summed E-state index contributed by atoms with van der Waals surface area (Å²) in [6.45, 7) is 2.39. The second-order valence-electron chi connectivity index (χ2n) is 7.22. The van der Waals surface area contributed by atoms with Gasteiger partial charge in [0.1, 0.15) is 16.5 Å². The van der Waals surface area contributed by atoms with Gasteiger partial charge in [-0.15, -0.1) is 0 Å². The summed E-state index contributed by atoms with van der Waals surface area (Å²) in [5.41, 5.74) is 2.15. The third-order valence-corrected chi connectivity index (χ3v) is 7.33. The summed E-state index contributed by atoms with van der Waals surface area (Å²) in [6.07, 6.45) is 7.36. The molecule has 1 aromatic carbocycles. The van der Waals surface area contributed by atoms with E-state index in [2.05, 4.69) is 11.1 Å². The summed E-state index contributed by atoms with van der Waals surface area (Å²) in [4.78, 5) is 6.71. The molecule has 5 nitrogen and oxygen atoms in total. The number of aromatic nitrogens is 1. The molecule has 0 amide bonds. The van der Waals surface area contributed by atoms with Crippen molar-refractivity contribution in [1.29, 1.82) is 0 Å². The van der Waals surface area contributed by atoms with Crippen molar-refractivity contribution >= 4 is 21.4 Å². The van der Waals surface area contributed by atoms with E-state index >= 15 is 0 Å². The van der Waals surface area contributed by atoms with Crippen molar-refractivity contribution < 1.29 is 12.8 Å². The molecule has 1 fully saturated rings. The zero-order chi connectivity index (χ0) is 19.6. The van der Waals surface area contributed by atoms with Crippen LogP contribution >= 0.6 is 0 Å². The summed E-state index contributed by atoms with van der Waals surface area (Å²) in [5.74, 6) is 0.269. The minimum Gasteiger partial charge on any atom is -0.351 e. The summed E-state index contributed by atoms with van der Waals surface area (Å²) in [7, 11) is -3.55. The number of anilines is 1. The lowest BCUT2D eigenvalue weighted by Gasteiger charge is -2.31.